The van der Waals surface area contributed by atoms with Crippen LogP contribution in [-0.2, 0) is 0 Å². The largest absolute Gasteiger partial charge is 0.454 e. The first kappa shape index (κ1) is 25.2. The van der Waals surface area contributed by atoms with Crippen LogP contribution in [0.5, 0.6) is 0 Å². The summed E-state index contributed by atoms with van der Waals surface area (Å²) in [5.41, 5.74) is 10.1. The Balaban J connectivity index is 1.21. The fourth-order valence-corrected chi connectivity index (χ4v) is 7.44. The topological polar surface area (TPSA) is 21.3 Å². The second-order valence-corrected chi connectivity index (χ2v) is 12.0. The first-order valence-electron chi connectivity index (χ1n) is 15.7. The van der Waals surface area contributed by atoms with Crippen molar-refractivity contribution in [3.8, 4) is 5.69 Å². The van der Waals surface area contributed by atoms with E-state index in [1.807, 2.05) is 6.07 Å². The zero-order chi connectivity index (χ0) is 29.0. The van der Waals surface area contributed by atoms with Crippen LogP contribution >= 0.6 is 0 Å². The van der Waals surface area contributed by atoms with Gasteiger partial charge in [-0.3, -0.25) is 0 Å². The molecule has 3 heteroatoms. The first-order valence-corrected chi connectivity index (χ1v) is 15.7. The molecule has 6 aromatic carbocycles. The van der Waals surface area contributed by atoms with Crippen LogP contribution in [0.15, 0.2) is 144 Å². The number of para-hydroxylation sites is 4. The van der Waals surface area contributed by atoms with E-state index < -0.39 is 0 Å². The van der Waals surface area contributed by atoms with Gasteiger partial charge < -0.3 is 13.9 Å². The molecule has 0 saturated heterocycles. The van der Waals surface area contributed by atoms with E-state index in [1.54, 1.807) is 0 Å². The molecule has 2 aromatic heterocycles. The van der Waals surface area contributed by atoms with Gasteiger partial charge in [-0.2, -0.15) is 0 Å². The van der Waals surface area contributed by atoms with Crippen molar-refractivity contribution < 1.29 is 4.42 Å². The smallest absolute Gasteiger partial charge is 0.159 e. The molecule has 0 N–H and O–H groups in total. The Kier molecular flexibility index (Phi) is 5.83. The number of furan rings is 1. The van der Waals surface area contributed by atoms with Crippen molar-refractivity contribution in [2.75, 3.05) is 4.90 Å². The van der Waals surface area contributed by atoms with Gasteiger partial charge in [-0.1, -0.05) is 91.7 Å². The van der Waals surface area contributed by atoms with Crippen molar-refractivity contribution in [3.63, 3.8) is 0 Å². The van der Waals surface area contributed by atoms with Gasteiger partial charge in [-0.25, -0.2) is 0 Å². The van der Waals surface area contributed by atoms with Gasteiger partial charge in [-0.15, -0.1) is 0 Å². The van der Waals surface area contributed by atoms with Gasteiger partial charge in [0, 0.05) is 38.6 Å². The van der Waals surface area contributed by atoms with E-state index in [4.69, 9.17) is 4.42 Å². The molecule has 212 valence electrons. The summed E-state index contributed by atoms with van der Waals surface area (Å²) >= 11 is 0. The molecule has 0 amide bonds. The molecule has 1 aliphatic carbocycles. The maximum absolute atomic E-state index is 6.55. The quantitative estimate of drug-likeness (QED) is 0.206. The fraction of sp³-hybridized carbons (Fsp3) is 0.122. The van der Waals surface area contributed by atoms with Gasteiger partial charge in [-0.05, 0) is 85.0 Å². The molecule has 1 aliphatic rings. The molecular weight excluding hydrogens is 536 g/mol. The third-order valence-corrected chi connectivity index (χ3v) is 9.55. The summed E-state index contributed by atoms with van der Waals surface area (Å²) in [6.07, 6.45) is 5.27. The summed E-state index contributed by atoms with van der Waals surface area (Å²) in [6.45, 7) is 0. The predicted molar refractivity (Wildman–Crippen MR) is 184 cm³/mol. The molecule has 0 unspecified atom stereocenters. The summed E-state index contributed by atoms with van der Waals surface area (Å²) in [6, 6.07) is 50.4. The minimum Gasteiger partial charge on any atom is -0.454 e. The third-order valence-electron chi connectivity index (χ3n) is 9.55. The lowest BCUT2D eigenvalue weighted by atomic mass is 9.97. The minimum absolute atomic E-state index is 0.682. The van der Waals surface area contributed by atoms with Crippen LogP contribution < -0.4 is 4.90 Å². The Bertz CT molecular complexity index is 2230. The SMILES string of the molecule is c1ccc2c(c1)oc1c(N(c3ccc(C4CCCC4)cc3)c3ccc(-n4c5ccccc5c5ccccc54)cc3)cccc12. The zero-order valence-electron chi connectivity index (χ0n) is 24.5. The van der Waals surface area contributed by atoms with E-state index in [2.05, 4.69) is 143 Å². The Hall–Kier alpha value is -5.28. The highest BCUT2D eigenvalue weighted by molar-refractivity contribution is 6.11. The Morgan fingerprint density at radius 2 is 1.09 bits per heavy atom. The molecule has 9 rings (SSSR count). The average Bonchev–Trinajstić information content (AvgIpc) is 3.83. The summed E-state index contributed by atoms with van der Waals surface area (Å²) in [5, 5.41) is 4.82. The molecular formula is C41H32N2O. The van der Waals surface area contributed by atoms with Crippen molar-refractivity contribution >= 4 is 60.8 Å². The second-order valence-electron chi connectivity index (χ2n) is 12.0. The van der Waals surface area contributed by atoms with Crippen molar-refractivity contribution in [3.05, 3.63) is 145 Å². The molecule has 0 bridgehead atoms. The second kappa shape index (κ2) is 10.2. The Labute approximate surface area is 256 Å². The van der Waals surface area contributed by atoms with E-state index in [-0.39, 0.29) is 0 Å². The van der Waals surface area contributed by atoms with Gasteiger partial charge in [0.25, 0.3) is 0 Å². The molecule has 0 spiro atoms. The summed E-state index contributed by atoms with van der Waals surface area (Å²) < 4.78 is 8.92. The van der Waals surface area contributed by atoms with Crippen LogP contribution in [0.2, 0.25) is 0 Å². The monoisotopic (exact) mass is 568 g/mol. The number of hydrogen-bond acceptors (Lipinski definition) is 2. The molecule has 0 atom stereocenters. The van der Waals surface area contributed by atoms with Gasteiger partial charge in [0.15, 0.2) is 5.58 Å². The third kappa shape index (κ3) is 3.96. The maximum atomic E-state index is 6.55. The normalized spacial score (nSPS) is 13.9. The first-order chi connectivity index (χ1) is 21.8. The maximum Gasteiger partial charge on any atom is 0.159 e. The lowest BCUT2D eigenvalue weighted by Gasteiger charge is -2.26. The highest BCUT2D eigenvalue weighted by Gasteiger charge is 2.21. The number of fused-ring (bicyclic) bond motifs is 6. The zero-order valence-corrected chi connectivity index (χ0v) is 24.5. The molecule has 8 aromatic rings. The van der Waals surface area contributed by atoms with Crippen LogP contribution in [0.4, 0.5) is 17.1 Å². The predicted octanol–water partition coefficient (Wildman–Crippen LogP) is 11.8. The molecule has 0 radical (unpaired) electrons. The average molecular weight is 569 g/mol. The van der Waals surface area contributed by atoms with Crippen LogP contribution in [0.25, 0.3) is 49.4 Å². The number of benzene rings is 6. The van der Waals surface area contributed by atoms with Gasteiger partial charge in [0.05, 0.1) is 16.7 Å². The van der Waals surface area contributed by atoms with Crippen molar-refractivity contribution in [2.24, 2.45) is 0 Å². The summed E-state index contributed by atoms with van der Waals surface area (Å²) in [5.74, 6) is 0.682. The van der Waals surface area contributed by atoms with Gasteiger partial charge in [0.1, 0.15) is 5.58 Å². The van der Waals surface area contributed by atoms with Crippen molar-refractivity contribution in [1.29, 1.82) is 0 Å². The molecule has 3 nitrogen and oxygen atoms in total. The minimum atomic E-state index is 0.682. The fourth-order valence-electron chi connectivity index (χ4n) is 7.44. The van der Waals surface area contributed by atoms with E-state index in [1.165, 1.54) is 53.1 Å². The van der Waals surface area contributed by atoms with Crippen LogP contribution in [0, 0.1) is 0 Å². The van der Waals surface area contributed by atoms with Crippen molar-refractivity contribution in [2.45, 2.75) is 31.6 Å². The summed E-state index contributed by atoms with van der Waals surface area (Å²) in [7, 11) is 0. The molecule has 1 saturated carbocycles. The number of anilines is 3. The lowest BCUT2D eigenvalue weighted by Crippen LogP contribution is -2.10. The number of nitrogens with zero attached hydrogens (tertiary/aromatic N) is 2. The Morgan fingerprint density at radius 1 is 0.523 bits per heavy atom. The van der Waals surface area contributed by atoms with Crippen LogP contribution in [-0.4, -0.2) is 4.57 Å². The van der Waals surface area contributed by atoms with E-state index >= 15 is 0 Å². The molecule has 44 heavy (non-hydrogen) atoms. The number of rotatable bonds is 5. The standard InChI is InChI=1S/C41H32N2O/c1-2-11-28(10-1)29-20-22-30(23-21-29)42(39-18-9-15-36-35-14-5-8-19-40(35)44-41(36)39)31-24-26-32(27-25-31)43-37-16-6-3-12-33(37)34-13-4-7-17-38(34)43/h3-9,12-28H,1-2,10-11H2. The highest BCUT2D eigenvalue weighted by Crippen LogP contribution is 2.43. The van der Waals surface area contributed by atoms with E-state index in [9.17, 15) is 0 Å². The van der Waals surface area contributed by atoms with Gasteiger partial charge >= 0.3 is 0 Å². The number of aromatic nitrogens is 1. The lowest BCUT2D eigenvalue weighted by molar-refractivity contribution is 0.669. The van der Waals surface area contributed by atoms with Crippen LogP contribution in [0.3, 0.4) is 0 Å². The van der Waals surface area contributed by atoms with E-state index in [0.717, 1.165) is 44.7 Å². The van der Waals surface area contributed by atoms with Gasteiger partial charge in [0.2, 0.25) is 0 Å². The summed E-state index contributed by atoms with van der Waals surface area (Å²) in [4.78, 5) is 2.35. The van der Waals surface area contributed by atoms with Crippen molar-refractivity contribution in [1.82, 2.24) is 4.57 Å². The highest BCUT2D eigenvalue weighted by atomic mass is 16.3. The molecule has 1 fully saturated rings. The number of hydrogen-bond donors (Lipinski definition) is 0. The molecule has 2 heterocycles. The Morgan fingerprint density at radius 3 is 1.77 bits per heavy atom. The van der Waals surface area contributed by atoms with E-state index in [0.29, 0.717) is 5.92 Å². The van der Waals surface area contributed by atoms with Crippen LogP contribution in [0.1, 0.15) is 37.2 Å². The molecule has 0 aliphatic heterocycles.